The summed E-state index contributed by atoms with van der Waals surface area (Å²) >= 11 is 0. The highest BCUT2D eigenvalue weighted by atomic mass is 16.6. The van der Waals surface area contributed by atoms with Gasteiger partial charge in [0.15, 0.2) is 0 Å². The number of aromatic nitrogens is 1. The summed E-state index contributed by atoms with van der Waals surface area (Å²) in [5.74, 6) is -0.340. The van der Waals surface area contributed by atoms with E-state index in [9.17, 15) is 9.59 Å². The molecule has 1 aliphatic heterocycles. The van der Waals surface area contributed by atoms with Gasteiger partial charge in [-0.05, 0) is 49.9 Å². The molecule has 0 radical (unpaired) electrons. The van der Waals surface area contributed by atoms with Gasteiger partial charge in [-0.2, -0.15) is 0 Å². The van der Waals surface area contributed by atoms with Crippen LogP contribution in [0, 0.1) is 0 Å². The number of piperazine rings is 1. The Hall–Kier alpha value is -4.16. The smallest absolute Gasteiger partial charge is 0.326 e. The van der Waals surface area contributed by atoms with Gasteiger partial charge in [-0.3, -0.25) is 14.5 Å². The molecule has 1 saturated heterocycles. The van der Waals surface area contributed by atoms with Crippen molar-refractivity contribution in [2.75, 3.05) is 19.6 Å². The molecule has 4 aromatic rings. The summed E-state index contributed by atoms with van der Waals surface area (Å²) < 4.78 is 7.44. The van der Waals surface area contributed by atoms with Gasteiger partial charge in [-0.1, -0.05) is 91.0 Å². The molecule has 5 rings (SSSR count). The predicted molar refractivity (Wildman–Crippen MR) is 162 cm³/mol. The number of hydrogen-bond acceptors (Lipinski definition) is 4. The SMILES string of the molecule is CC(C)(C)OC(=O)Cn1ccc(C(=O)N2CCN(Cc3ccccc3)C[C@H]2Cc2ccccc2)c1-c1ccccc1. The maximum absolute atomic E-state index is 14.4. The second kappa shape index (κ2) is 12.6. The fraction of sp³-hybridized carbons (Fsp3) is 0.314. The lowest BCUT2D eigenvalue weighted by molar-refractivity contribution is -0.155. The molecule has 1 aliphatic rings. The minimum absolute atomic E-state index is 0.00733. The molecule has 2 heterocycles. The lowest BCUT2D eigenvalue weighted by Gasteiger charge is -2.42. The van der Waals surface area contributed by atoms with Gasteiger partial charge in [0, 0.05) is 38.4 Å². The van der Waals surface area contributed by atoms with Gasteiger partial charge in [-0.25, -0.2) is 0 Å². The Bertz CT molecular complexity index is 1440. The van der Waals surface area contributed by atoms with Crippen molar-refractivity contribution in [3.63, 3.8) is 0 Å². The van der Waals surface area contributed by atoms with Crippen molar-refractivity contribution in [1.82, 2.24) is 14.4 Å². The van der Waals surface area contributed by atoms with Crippen molar-refractivity contribution in [2.45, 2.75) is 51.9 Å². The average molecular weight is 550 g/mol. The first-order valence-electron chi connectivity index (χ1n) is 14.3. The van der Waals surface area contributed by atoms with E-state index in [4.69, 9.17) is 4.74 Å². The zero-order chi connectivity index (χ0) is 28.8. The van der Waals surface area contributed by atoms with Crippen LogP contribution in [-0.2, 0) is 29.0 Å². The fourth-order valence-electron chi connectivity index (χ4n) is 5.60. The molecule has 0 N–H and O–H groups in total. The number of carbonyl (C=O) groups excluding carboxylic acids is 2. The van der Waals surface area contributed by atoms with Crippen LogP contribution in [0.2, 0.25) is 0 Å². The van der Waals surface area contributed by atoms with Crippen molar-refractivity contribution in [3.05, 3.63) is 120 Å². The molecule has 1 fully saturated rings. The van der Waals surface area contributed by atoms with E-state index in [0.717, 1.165) is 37.3 Å². The molecule has 3 aromatic carbocycles. The van der Waals surface area contributed by atoms with Crippen molar-refractivity contribution < 1.29 is 14.3 Å². The summed E-state index contributed by atoms with van der Waals surface area (Å²) in [6, 6.07) is 32.6. The average Bonchev–Trinajstić information content (AvgIpc) is 3.36. The minimum Gasteiger partial charge on any atom is -0.459 e. The largest absolute Gasteiger partial charge is 0.459 e. The molecule has 41 heavy (non-hydrogen) atoms. The van der Waals surface area contributed by atoms with Crippen LogP contribution in [0.3, 0.4) is 0 Å². The molecule has 1 atom stereocenters. The Morgan fingerprint density at radius 2 is 1.41 bits per heavy atom. The molecule has 0 unspecified atom stereocenters. The van der Waals surface area contributed by atoms with Crippen LogP contribution in [0.15, 0.2) is 103 Å². The monoisotopic (exact) mass is 549 g/mol. The van der Waals surface area contributed by atoms with E-state index in [-0.39, 0.29) is 24.5 Å². The molecule has 212 valence electrons. The first-order chi connectivity index (χ1) is 19.8. The maximum atomic E-state index is 14.4. The number of ether oxygens (including phenoxy) is 1. The lowest BCUT2D eigenvalue weighted by Crippen LogP contribution is -2.55. The summed E-state index contributed by atoms with van der Waals surface area (Å²) in [6.45, 7) is 8.69. The minimum atomic E-state index is -0.583. The van der Waals surface area contributed by atoms with Crippen LogP contribution in [0.4, 0.5) is 0 Å². The van der Waals surface area contributed by atoms with Crippen molar-refractivity contribution in [1.29, 1.82) is 0 Å². The van der Waals surface area contributed by atoms with E-state index in [1.165, 1.54) is 11.1 Å². The highest BCUT2D eigenvalue weighted by Gasteiger charge is 2.33. The number of esters is 1. The third-order valence-corrected chi connectivity index (χ3v) is 7.35. The molecule has 6 nitrogen and oxygen atoms in total. The third-order valence-electron chi connectivity index (χ3n) is 7.35. The van der Waals surface area contributed by atoms with Gasteiger partial charge in [0.2, 0.25) is 0 Å². The molecular weight excluding hydrogens is 510 g/mol. The van der Waals surface area contributed by atoms with E-state index in [1.54, 1.807) is 0 Å². The van der Waals surface area contributed by atoms with Crippen molar-refractivity contribution >= 4 is 11.9 Å². The highest BCUT2D eigenvalue weighted by Crippen LogP contribution is 2.29. The Morgan fingerprint density at radius 3 is 2.05 bits per heavy atom. The number of nitrogens with zero attached hydrogens (tertiary/aromatic N) is 3. The number of hydrogen-bond donors (Lipinski definition) is 0. The van der Waals surface area contributed by atoms with E-state index in [0.29, 0.717) is 12.1 Å². The molecule has 0 aliphatic carbocycles. The molecule has 0 spiro atoms. The lowest BCUT2D eigenvalue weighted by atomic mass is 9.99. The predicted octanol–water partition coefficient (Wildman–Crippen LogP) is 6.07. The summed E-state index contributed by atoms with van der Waals surface area (Å²) in [5, 5.41) is 0. The summed E-state index contributed by atoms with van der Waals surface area (Å²) in [7, 11) is 0. The Morgan fingerprint density at radius 1 is 0.805 bits per heavy atom. The van der Waals surface area contributed by atoms with Gasteiger partial charge in [-0.15, -0.1) is 0 Å². The van der Waals surface area contributed by atoms with Gasteiger partial charge >= 0.3 is 5.97 Å². The second-order valence-corrected chi connectivity index (χ2v) is 11.7. The quantitative estimate of drug-likeness (QED) is 0.251. The number of benzene rings is 3. The summed E-state index contributed by atoms with van der Waals surface area (Å²) in [4.78, 5) is 31.6. The van der Waals surface area contributed by atoms with Crippen LogP contribution in [0.1, 0.15) is 42.3 Å². The van der Waals surface area contributed by atoms with Gasteiger partial charge in [0.05, 0.1) is 11.3 Å². The molecule has 1 aromatic heterocycles. The Balaban J connectivity index is 1.44. The van der Waals surface area contributed by atoms with E-state index in [2.05, 4.69) is 53.4 Å². The fourth-order valence-corrected chi connectivity index (χ4v) is 5.60. The molecular formula is C35H39N3O3. The maximum Gasteiger partial charge on any atom is 0.326 e. The topological polar surface area (TPSA) is 54.8 Å². The zero-order valence-electron chi connectivity index (χ0n) is 24.2. The highest BCUT2D eigenvalue weighted by molar-refractivity contribution is 6.01. The van der Waals surface area contributed by atoms with Crippen LogP contribution < -0.4 is 0 Å². The van der Waals surface area contributed by atoms with Crippen LogP contribution in [0.5, 0.6) is 0 Å². The Kier molecular flexibility index (Phi) is 8.70. The van der Waals surface area contributed by atoms with E-state index in [1.807, 2.05) is 85.0 Å². The number of carbonyl (C=O) groups is 2. The van der Waals surface area contributed by atoms with E-state index < -0.39 is 5.60 Å². The molecule has 0 bridgehead atoms. The Labute approximate surface area is 243 Å². The number of rotatable bonds is 8. The van der Waals surface area contributed by atoms with Gasteiger partial charge in [0.1, 0.15) is 12.1 Å². The first-order valence-corrected chi connectivity index (χ1v) is 14.3. The van der Waals surface area contributed by atoms with Crippen LogP contribution in [0.25, 0.3) is 11.3 Å². The van der Waals surface area contributed by atoms with E-state index >= 15 is 0 Å². The molecule has 6 heteroatoms. The third kappa shape index (κ3) is 7.33. The number of amides is 1. The molecule has 0 saturated carbocycles. The second-order valence-electron chi connectivity index (χ2n) is 11.7. The summed E-state index contributed by atoms with van der Waals surface area (Å²) in [6.07, 6.45) is 2.61. The van der Waals surface area contributed by atoms with Gasteiger partial charge in [0.25, 0.3) is 5.91 Å². The van der Waals surface area contributed by atoms with Crippen LogP contribution >= 0.6 is 0 Å². The normalized spacial score (nSPS) is 16.0. The first kappa shape index (κ1) is 28.4. The molecule has 1 amide bonds. The van der Waals surface area contributed by atoms with Crippen molar-refractivity contribution in [3.8, 4) is 11.3 Å². The summed E-state index contributed by atoms with van der Waals surface area (Å²) in [5.41, 5.74) is 4.14. The standard InChI is InChI=1S/C35H39N3O3/c1-35(2,3)41-32(39)26-37-20-19-31(33(37)29-17-11-6-12-18-29)34(40)38-22-21-36(24-28-15-9-5-10-16-28)25-30(38)23-27-13-7-4-8-14-27/h4-20,30H,21-26H2,1-3H3/t30-/m1/s1. The van der Waals surface area contributed by atoms with Crippen LogP contribution in [-0.4, -0.2) is 57.5 Å². The van der Waals surface area contributed by atoms with Gasteiger partial charge < -0.3 is 14.2 Å². The van der Waals surface area contributed by atoms with Crippen molar-refractivity contribution in [2.24, 2.45) is 0 Å². The zero-order valence-corrected chi connectivity index (χ0v) is 24.2.